The number of alkyl halides is 3. The Balaban J connectivity index is 0.000000314. The number of fused-ring (bicyclic) bond motifs is 5. The van der Waals surface area contributed by atoms with Crippen molar-refractivity contribution in [3.63, 3.8) is 0 Å². The quantitative estimate of drug-likeness (QED) is 0.210. The maximum atomic E-state index is 10.7. The number of nitrogens with zero attached hydrogens (tertiary/aromatic N) is 3. The molecule has 0 N–H and O–H groups in total. The van der Waals surface area contributed by atoms with E-state index in [4.69, 9.17) is 13.0 Å². The topological polar surface area (TPSA) is 68.7 Å². The first-order chi connectivity index (χ1) is 16.4. The van der Waals surface area contributed by atoms with Gasteiger partial charge in [-0.1, -0.05) is 42.5 Å². The van der Waals surface area contributed by atoms with Crippen molar-refractivity contribution in [2.45, 2.75) is 5.51 Å². The minimum absolute atomic E-state index is 1.21. The molecule has 0 aliphatic carbocycles. The van der Waals surface area contributed by atoms with Gasteiger partial charge in [-0.2, -0.15) is 13.2 Å². The van der Waals surface area contributed by atoms with E-state index in [0.29, 0.717) is 0 Å². The van der Waals surface area contributed by atoms with Gasteiger partial charge in [0, 0.05) is 36.5 Å². The first kappa shape index (κ1) is 24.5. The maximum Gasteiger partial charge on any atom is 0.485 e. The van der Waals surface area contributed by atoms with Crippen molar-refractivity contribution in [1.29, 1.82) is 0 Å². The highest BCUT2D eigenvalue weighted by molar-refractivity contribution is 7.86. The van der Waals surface area contributed by atoms with Crippen molar-refractivity contribution in [2.24, 2.45) is 7.05 Å². The highest BCUT2D eigenvalue weighted by atomic mass is 32.2. The van der Waals surface area contributed by atoms with Crippen molar-refractivity contribution < 1.29 is 30.8 Å². The molecule has 0 bridgehead atoms. The molecule has 0 saturated heterocycles. The summed E-state index contributed by atoms with van der Waals surface area (Å²) < 4.78 is 63.5. The van der Waals surface area contributed by atoms with Crippen LogP contribution in [0.1, 0.15) is 5.56 Å². The minimum Gasteiger partial charge on any atom is -0.741 e. The number of hydrogen-bond donors (Lipinski definition) is 0. The standard InChI is InChI=1S/C24H22N3.CHF3O3S/c1-25(2)18-14-12-17(13-15-18)16-21-19-8-4-7-11-23(19)27-24(21)20-9-5-6-10-22(20)26(27)3;2-1(3,4)8(5,6)7/h4-16H,1-3H3;(H,5,6,7)/q+1;/p-1. The monoisotopic (exact) mass is 501 g/mol. The molecular formula is C25H22F3N3O3S. The number of anilines is 1. The molecule has 35 heavy (non-hydrogen) atoms. The van der Waals surface area contributed by atoms with Crippen LogP contribution in [0.3, 0.4) is 0 Å². The number of halogens is 3. The van der Waals surface area contributed by atoms with Gasteiger partial charge in [0.1, 0.15) is 11.0 Å². The van der Waals surface area contributed by atoms with Crippen molar-refractivity contribution in [3.05, 3.63) is 83.6 Å². The zero-order valence-corrected chi connectivity index (χ0v) is 19.9. The molecule has 0 aliphatic heterocycles. The molecule has 0 unspecified atom stereocenters. The summed E-state index contributed by atoms with van der Waals surface area (Å²) in [5.41, 5.74) is 0.535. The molecule has 5 rings (SSSR count). The molecule has 0 amide bonds. The van der Waals surface area contributed by atoms with E-state index in [-0.39, 0.29) is 0 Å². The van der Waals surface area contributed by atoms with Gasteiger partial charge in [-0.05, 0) is 35.9 Å². The summed E-state index contributed by atoms with van der Waals surface area (Å²) in [5.74, 6) is 0. The van der Waals surface area contributed by atoms with Gasteiger partial charge in [-0.3, -0.25) is 0 Å². The fourth-order valence-electron chi connectivity index (χ4n) is 4.06. The van der Waals surface area contributed by atoms with E-state index >= 15 is 0 Å². The van der Waals surface area contributed by atoms with Gasteiger partial charge < -0.3 is 9.45 Å². The second kappa shape index (κ2) is 8.86. The molecule has 2 aromatic heterocycles. The highest BCUT2D eigenvalue weighted by Crippen LogP contribution is 2.23. The van der Waals surface area contributed by atoms with E-state index in [1.165, 1.54) is 43.8 Å². The molecular weight excluding hydrogens is 479 g/mol. The molecule has 0 atom stereocenters. The van der Waals surface area contributed by atoms with Crippen LogP contribution in [0.5, 0.6) is 0 Å². The van der Waals surface area contributed by atoms with Crippen LogP contribution in [0, 0.1) is 0 Å². The molecule has 10 heteroatoms. The van der Waals surface area contributed by atoms with Crippen molar-refractivity contribution >= 4 is 49.2 Å². The van der Waals surface area contributed by atoms with Crippen LogP contribution >= 0.6 is 0 Å². The number of aryl methyl sites for hydroxylation is 1. The fourth-order valence-corrected chi connectivity index (χ4v) is 4.06. The van der Waals surface area contributed by atoms with Gasteiger partial charge >= 0.3 is 5.51 Å². The third-order valence-electron chi connectivity index (χ3n) is 5.70. The zero-order valence-electron chi connectivity index (χ0n) is 19.1. The smallest absolute Gasteiger partial charge is 0.485 e. The van der Waals surface area contributed by atoms with Crippen molar-refractivity contribution in [1.82, 2.24) is 4.52 Å². The van der Waals surface area contributed by atoms with Crippen LogP contribution in [-0.4, -0.2) is 37.1 Å². The molecule has 0 aliphatic rings. The second-order valence-electron chi connectivity index (χ2n) is 8.16. The number of aromatic nitrogens is 2. The molecule has 0 spiro atoms. The third-order valence-corrected chi connectivity index (χ3v) is 6.27. The van der Waals surface area contributed by atoms with E-state index in [0.717, 1.165) is 0 Å². The SMILES string of the molecule is CN(C)c1ccc(/C=c2/c3ccccc3n3c2c2ccccc2[n+]3C)cc1.O=S(=O)([O-])C(F)(F)F. The van der Waals surface area contributed by atoms with Gasteiger partial charge in [-0.25, -0.2) is 8.42 Å². The van der Waals surface area contributed by atoms with E-state index in [1.807, 2.05) is 0 Å². The Hall–Kier alpha value is -3.63. The van der Waals surface area contributed by atoms with Gasteiger partial charge in [0.25, 0.3) is 0 Å². The Morgan fingerprint density at radius 2 is 1.46 bits per heavy atom. The lowest BCUT2D eigenvalue weighted by molar-refractivity contribution is -0.711. The summed E-state index contributed by atoms with van der Waals surface area (Å²) in [5, 5.41) is 3.85. The summed E-state index contributed by atoms with van der Waals surface area (Å²) in [6.45, 7) is 0. The van der Waals surface area contributed by atoms with E-state index in [1.54, 1.807) is 0 Å². The van der Waals surface area contributed by atoms with E-state index in [2.05, 4.69) is 114 Å². The first-order valence-electron chi connectivity index (χ1n) is 10.5. The Labute approximate surface area is 199 Å². The van der Waals surface area contributed by atoms with Gasteiger partial charge in [0.15, 0.2) is 17.2 Å². The summed E-state index contributed by atoms with van der Waals surface area (Å²) >= 11 is 0. The molecule has 2 heterocycles. The van der Waals surface area contributed by atoms with Crippen LogP contribution in [0.2, 0.25) is 0 Å². The summed E-state index contributed by atoms with van der Waals surface area (Å²) in [4.78, 5) is 2.13. The van der Waals surface area contributed by atoms with Crippen LogP contribution < -0.4 is 14.8 Å². The molecule has 0 saturated carbocycles. The van der Waals surface area contributed by atoms with Gasteiger partial charge in [0.05, 0.1) is 5.39 Å². The summed E-state index contributed by atoms with van der Waals surface area (Å²) in [6.07, 6.45) is 2.31. The predicted molar refractivity (Wildman–Crippen MR) is 129 cm³/mol. The summed E-state index contributed by atoms with van der Waals surface area (Å²) in [6, 6.07) is 26.0. The lowest BCUT2D eigenvalue weighted by Crippen LogP contribution is -2.34. The van der Waals surface area contributed by atoms with Crippen molar-refractivity contribution in [3.8, 4) is 0 Å². The Bertz CT molecular complexity index is 1690. The average molecular weight is 502 g/mol. The zero-order chi connectivity index (χ0) is 25.5. The van der Waals surface area contributed by atoms with Gasteiger partial charge in [0.2, 0.25) is 5.52 Å². The van der Waals surface area contributed by atoms with Crippen LogP contribution in [0.15, 0.2) is 72.8 Å². The van der Waals surface area contributed by atoms with Gasteiger partial charge in [-0.15, -0.1) is 9.20 Å². The molecule has 3 aromatic carbocycles. The minimum atomic E-state index is -6.09. The van der Waals surface area contributed by atoms with E-state index < -0.39 is 15.6 Å². The third kappa shape index (κ3) is 4.54. The number of benzene rings is 3. The Kier molecular flexibility index (Phi) is 6.20. The highest BCUT2D eigenvalue weighted by Gasteiger charge is 2.36. The Morgan fingerprint density at radius 1 is 0.914 bits per heavy atom. The predicted octanol–water partition coefficient (Wildman–Crippen LogP) is 3.74. The molecule has 182 valence electrons. The normalized spacial score (nSPS) is 12.8. The number of para-hydroxylation sites is 2. The van der Waals surface area contributed by atoms with E-state index in [9.17, 15) is 13.2 Å². The molecule has 0 fully saturated rings. The second-order valence-corrected chi connectivity index (χ2v) is 9.53. The maximum absolute atomic E-state index is 10.7. The first-order valence-corrected chi connectivity index (χ1v) is 11.9. The van der Waals surface area contributed by atoms with Crippen LogP contribution in [-0.2, 0) is 17.2 Å². The van der Waals surface area contributed by atoms with Crippen molar-refractivity contribution in [2.75, 3.05) is 19.0 Å². The molecule has 0 radical (unpaired) electrons. The molecule has 5 aromatic rings. The van der Waals surface area contributed by atoms with Crippen LogP contribution in [0.4, 0.5) is 18.9 Å². The fraction of sp³-hybridized carbons (Fsp3) is 0.160. The molecule has 6 nitrogen and oxygen atoms in total. The van der Waals surface area contributed by atoms with Crippen LogP contribution in [0.25, 0.3) is 33.4 Å². The average Bonchev–Trinajstić information content (AvgIpc) is 3.27. The Morgan fingerprint density at radius 3 is 2.03 bits per heavy atom. The lowest BCUT2D eigenvalue weighted by atomic mass is 10.1. The number of hydrogen-bond acceptors (Lipinski definition) is 4. The largest absolute Gasteiger partial charge is 0.741 e. The summed E-state index contributed by atoms with van der Waals surface area (Å²) in [7, 11) is 0.184. The number of rotatable bonds is 2. The lowest BCUT2D eigenvalue weighted by Gasteiger charge is -2.11.